The maximum atomic E-state index is 11.0. The van der Waals surface area contributed by atoms with Gasteiger partial charge in [-0.3, -0.25) is 4.79 Å². The summed E-state index contributed by atoms with van der Waals surface area (Å²) >= 11 is 3.67. The Hall–Kier alpha value is -0.830. The van der Waals surface area contributed by atoms with E-state index in [4.69, 9.17) is 5.11 Å². The zero-order chi connectivity index (χ0) is 12.8. The highest BCUT2D eigenvalue weighted by atomic mass is 79.9. The average molecular weight is 309 g/mol. The number of fused-ring (bicyclic) bond motifs is 1. The van der Waals surface area contributed by atoms with Crippen LogP contribution in [0, 0.1) is 0 Å². The van der Waals surface area contributed by atoms with E-state index in [1.54, 1.807) is 0 Å². The molecule has 0 aromatic heterocycles. The zero-order valence-electron chi connectivity index (χ0n) is 10.3. The molecule has 0 radical (unpaired) electrons. The van der Waals surface area contributed by atoms with Crippen molar-refractivity contribution in [2.24, 2.45) is 0 Å². The number of carboxylic acids is 1. The number of aryl methyl sites for hydroxylation is 1. The van der Waals surface area contributed by atoms with Gasteiger partial charge in [-0.15, -0.1) is 0 Å². The van der Waals surface area contributed by atoms with Crippen molar-refractivity contribution >= 4 is 21.9 Å². The van der Waals surface area contributed by atoms with Crippen molar-refractivity contribution in [3.8, 4) is 0 Å². The van der Waals surface area contributed by atoms with Crippen molar-refractivity contribution in [1.29, 1.82) is 0 Å². The normalized spacial score (nSPS) is 20.3. The number of rotatable bonds is 3. The number of halogens is 1. The van der Waals surface area contributed by atoms with E-state index in [2.05, 4.69) is 28.1 Å². The van der Waals surface area contributed by atoms with Crippen LogP contribution in [0.15, 0.2) is 16.6 Å². The SMILES string of the molecule is O=C(O)CC1(c2cc(Br)c3c(c2)CCCC3)CC1. The maximum Gasteiger partial charge on any atom is 0.304 e. The van der Waals surface area contributed by atoms with E-state index in [1.165, 1.54) is 34.0 Å². The fourth-order valence-corrected chi connectivity index (χ4v) is 3.83. The average Bonchev–Trinajstić information content (AvgIpc) is 3.09. The molecule has 1 saturated carbocycles. The van der Waals surface area contributed by atoms with Gasteiger partial charge in [-0.1, -0.05) is 22.0 Å². The third-order valence-corrected chi connectivity index (χ3v) is 5.07. The lowest BCUT2D eigenvalue weighted by Crippen LogP contribution is -2.15. The Labute approximate surface area is 116 Å². The molecule has 0 bridgehead atoms. The summed E-state index contributed by atoms with van der Waals surface area (Å²) in [6.07, 6.45) is 7.14. The van der Waals surface area contributed by atoms with Gasteiger partial charge in [0.15, 0.2) is 0 Å². The minimum absolute atomic E-state index is 0.0686. The Kier molecular flexibility index (Phi) is 2.97. The first-order chi connectivity index (χ1) is 8.61. The Morgan fingerprint density at radius 2 is 2.00 bits per heavy atom. The second-order valence-electron chi connectivity index (χ2n) is 5.65. The van der Waals surface area contributed by atoms with Crippen molar-refractivity contribution in [1.82, 2.24) is 0 Å². The summed E-state index contributed by atoms with van der Waals surface area (Å²) < 4.78 is 1.19. The van der Waals surface area contributed by atoms with Gasteiger partial charge >= 0.3 is 5.97 Å². The molecule has 2 aliphatic rings. The van der Waals surface area contributed by atoms with Gasteiger partial charge in [-0.25, -0.2) is 0 Å². The summed E-state index contributed by atoms with van der Waals surface area (Å²) in [6.45, 7) is 0. The highest BCUT2D eigenvalue weighted by Gasteiger charge is 2.46. The van der Waals surface area contributed by atoms with Crippen LogP contribution in [0.5, 0.6) is 0 Å². The standard InChI is InChI=1S/C15H17BrO2/c16-13-8-11(15(5-6-15)9-14(17)18)7-10-3-1-2-4-12(10)13/h7-8H,1-6,9H2,(H,17,18). The zero-order valence-corrected chi connectivity index (χ0v) is 11.9. The molecule has 18 heavy (non-hydrogen) atoms. The summed E-state index contributed by atoms with van der Waals surface area (Å²) in [6, 6.07) is 4.44. The van der Waals surface area contributed by atoms with E-state index in [0.29, 0.717) is 0 Å². The van der Waals surface area contributed by atoms with Crippen LogP contribution in [-0.2, 0) is 23.1 Å². The molecule has 0 unspecified atom stereocenters. The molecular formula is C15H17BrO2. The molecule has 3 rings (SSSR count). The first kappa shape index (κ1) is 12.2. The van der Waals surface area contributed by atoms with Gasteiger partial charge in [0.2, 0.25) is 0 Å². The van der Waals surface area contributed by atoms with E-state index in [0.717, 1.165) is 25.7 Å². The smallest absolute Gasteiger partial charge is 0.304 e. The second kappa shape index (κ2) is 4.37. The molecule has 96 valence electrons. The van der Waals surface area contributed by atoms with Crippen LogP contribution in [0.2, 0.25) is 0 Å². The molecule has 1 fully saturated rings. The number of aliphatic carboxylic acids is 1. The Morgan fingerprint density at radius 3 is 2.67 bits per heavy atom. The summed E-state index contributed by atoms with van der Waals surface area (Å²) in [4.78, 5) is 11.0. The Balaban J connectivity index is 1.98. The van der Waals surface area contributed by atoms with Crippen molar-refractivity contribution in [2.75, 3.05) is 0 Å². The predicted octanol–water partition coefficient (Wildman–Crippen LogP) is 3.83. The number of carboxylic acid groups (broad SMARTS) is 1. The minimum atomic E-state index is -0.679. The Morgan fingerprint density at radius 1 is 1.28 bits per heavy atom. The van der Waals surface area contributed by atoms with Crippen LogP contribution in [0.4, 0.5) is 0 Å². The lowest BCUT2D eigenvalue weighted by molar-refractivity contribution is -0.137. The molecule has 0 amide bonds. The number of hydrogen-bond donors (Lipinski definition) is 1. The fraction of sp³-hybridized carbons (Fsp3) is 0.533. The summed E-state index contributed by atoms with van der Waals surface area (Å²) in [5.74, 6) is -0.679. The molecule has 0 saturated heterocycles. The van der Waals surface area contributed by atoms with E-state index in [1.807, 2.05) is 0 Å². The molecule has 1 aromatic rings. The first-order valence-corrected chi connectivity index (χ1v) is 7.44. The quantitative estimate of drug-likeness (QED) is 0.921. The topological polar surface area (TPSA) is 37.3 Å². The number of benzene rings is 1. The number of hydrogen-bond acceptors (Lipinski definition) is 1. The molecule has 2 nitrogen and oxygen atoms in total. The molecule has 0 aliphatic heterocycles. The molecule has 3 heteroatoms. The maximum absolute atomic E-state index is 11.0. The highest BCUT2D eigenvalue weighted by Crippen LogP contribution is 2.52. The summed E-state index contributed by atoms with van der Waals surface area (Å²) in [7, 11) is 0. The molecular weight excluding hydrogens is 292 g/mol. The van der Waals surface area contributed by atoms with E-state index in [-0.39, 0.29) is 11.8 Å². The fourth-order valence-electron chi connectivity index (χ4n) is 3.13. The van der Waals surface area contributed by atoms with Crippen molar-refractivity contribution in [3.05, 3.63) is 33.3 Å². The molecule has 0 atom stereocenters. The van der Waals surface area contributed by atoms with Gasteiger partial charge in [-0.05, 0) is 61.3 Å². The van der Waals surface area contributed by atoms with Gasteiger partial charge in [0.05, 0.1) is 6.42 Å². The van der Waals surface area contributed by atoms with Crippen LogP contribution in [0.3, 0.4) is 0 Å². The third-order valence-electron chi connectivity index (χ3n) is 4.37. The van der Waals surface area contributed by atoms with Crippen molar-refractivity contribution in [2.45, 2.75) is 50.4 Å². The van der Waals surface area contributed by atoms with Crippen LogP contribution < -0.4 is 0 Å². The second-order valence-corrected chi connectivity index (χ2v) is 6.51. The molecule has 0 spiro atoms. The largest absolute Gasteiger partial charge is 0.481 e. The lowest BCUT2D eigenvalue weighted by atomic mass is 9.85. The van der Waals surface area contributed by atoms with Gasteiger partial charge in [0.25, 0.3) is 0 Å². The van der Waals surface area contributed by atoms with Crippen LogP contribution >= 0.6 is 15.9 Å². The van der Waals surface area contributed by atoms with E-state index in [9.17, 15) is 4.79 Å². The third kappa shape index (κ3) is 2.09. The highest BCUT2D eigenvalue weighted by molar-refractivity contribution is 9.10. The molecule has 2 aliphatic carbocycles. The predicted molar refractivity (Wildman–Crippen MR) is 73.9 cm³/mol. The minimum Gasteiger partial charge on any atom is -0.481 e. The van der Waals surface area contributed by atoms with Crippen molar-refractivity contribution in [3.63, 3.8) is 0 Å². The van der Waals surface area contributed by atoms with Crippen LogP contribution in [0.1, 0.15) is 48.8 Å². The van der Waals surface area contributed by atoms with E-state index < -0.39 is 5.97 Å². The van der Waals surface area contributed by atoms with Gasteiger partial charge in [0, 0.05) is 9.89 Å². The monoisotopic (exact) mass is 308 g/mol. The van der Waals surface area contributed by atoms with Crippen LogP contribution in [0.25, 0.3) is 0 Å². The Bertz CT molecular complexity index is 503. The molecule has 1 aromatic carbocycles. The van der Waals surface area contributed by atoms with Gasteiger partial charge in [0.1, 0.15) is 0 Å². The molecule has 0 heterocycles. The van der Waals surface area contributed by atoms with Crippen LogP contribution in [-0.4, -0.2) is 11.1 Å². The summed E-state index contributed by atoms with van der Waals surface area (Å²) in [5.41, 5.74) is 4.04. The summed E-state index contributed by atoms with van der Waals surface area (Å²) in [5, 5.41) is 9.05. The first-order valence-electron chi connectivity index (χ1n) is 6.64. The lowest BCUT2D eigenvalue weighted by Gasteiger charge is -2.22. The van der Waals surface area contributed by atoms with Crippen molar-refractivity contribution < 1.29 is 9.90 Å². The van der Waals surface area contributed by atoms with Gasteiger partial charge < -0.3 is 5.11 Å². The number of carbonyl (C=O) groups is 1. The van der Waals surface area contributed by atoms with E-state index >= 15 is 0 Å². The molecule has 1 N–H and O–H groups in total. The van der Waals surface area contributed by atoms with Gasteiger partial charge in [-0.2, -0.15) is 0 Å².